The Morgan fingerprint density at radius 1 is 0.727 bits per heavy atom. The number of rotatable bonds is 8. The first-order chi connectivity index (χ1) is 16.3. The largest absolute Gasteiger partial charge is 0.462 e. The van der Waals surface area contributed by atoms with Crippen LogP contribution in [0.15, 0.2) is 115 Å². The molecule has 0 N–H and O–H groups in total. The summed E-state index contributed by atoms with van der Waals surface area (Å²) < 4.78 is 5.43. The van der Waals surface area contributed by atoms with Gasteiger partial charge in [-0.05, 0) is 42.1 Å². The summed E-state index contributed by atoms with van der Waals surface area (Å²) >= 11 is 0. The van der Waals surface area contributed by atoms with E-state index in [4.69, 9.17) is 4.74 Å². The van der Waals surface area contributed by atoms with E-state index in [2.05, 4.69) is 60.7 Å². The maximum absolute atomic E-state index is 13.0. The Hall–Kier alpha value is -3.48. The summed E-state index contributed by atoms with van der Waals surface area (Å²) in [6, 6.07) is 39.1. The van der Waals surface area contributed by atoms with E-state index >= 15 is 0 Å². The van der Waals surface area contributed by atoms with E-state index in [1.165, 1.54) is 10.6 Å². The number of carbonyl (C=O) groups excluding carboxylic acids is 1. The molecule has 0 aliphatic rings. The third kappa shape index (κ3) is 5.86. The highest BCUT2D eigenvalue weighted by Gasteiger charge is 2.21. The van der Waals surface area contributed by atoms with Crippen molar-refractivity contribution < 1.29 is 9.53 Å². The summed E-state index contributed by atoms with van der Waals surface area (Å²) in [5.41, 5.74) is 3.31. The maximum Gasteiger partial charge on any atom is 0.339 e. The van der Waals surface area contributed by atoms with Crippen LogP contribution in [0.2, 0.25) is 0 Å². The van der Waals surface area contributed by atoms with Gasteiger partial charge >= 0.3 is 5.97 Å². The van der Waals surface area contributed by atoms with Gasteiger partial charge in [0.15, 0.2) is 0 Å². The van der Waals surface area contributed by atoms with Crippen LogP contribution in [0.5, 0.6) is 0 Å². The van der Waals surface area contributed by atoms with Gasteiger partial charge in [-0.2, -0.15) is 0 Å². The van der Waals surface area contributed by atoms with Crippen LogP contribution in [-0.4, -0.2) is 12.6 Å². The van der Waals surface area contributed by atoms with Gasteiger partial charge in [-0.15, -0.1) is 0 Å². The molecule has 0 aliphatic heterocycles. The zero-order valence-corrected chi connectivity index (χ0v) is 19.5. The van der Waals surface area contributed by atoms with Crippen molar-refractivity contribution >= 4 is 30.1 Å². The van der Waals surface area contributed by atoms with Gasteiger partial charge in [-0.1, -0.05) is 115 Å². The minimum Gasteiger partial charge on any atom is -0.462 e. The first-order valence-electron chi connectivity index (χ1n) is 11.1. The Morgan fingerprint density at radius 3 is 1.82 bits per heavy atom. The molecular weight excluding hydrogens is 423 g/mol. The van der Waals surface area contributed by atoms with Crippen molar-refractivity contribution in [3.8, 4) is 0 Å². The lowest BCUT2D eigenvalue weighted by Crippen LogP contribution is -2.14. The minimum atomic E-state index is -0.648. The second-order valence-corrected chi connectivity index (χ2v) is 9.71. The Morgan fingerprint density at radius 2 is 1.24 bits per heavy atom. The van der Waals surface area contributed by atoms with Gasteiger partial charge in [0.1, 0.15) is 0 Å². The van der Waals surface area contributed by atoms with Crippen LogP contribution in [0.3, 0.4) is 0 Å². The highest BCUT2D eigenvalue weighted by molar-refractivity contribution is 7.72. The minimum absolute atomic E-state index is 0.321. The highest BCUT2D eigenvalue weighted by atomic mass is 31.1. The van der Waals surface area contributed by atoms with Gasteiger partial charge in [0.2, 0.25) is 0 Å². The van der Waals surface area contributed by atoms with Crippen molar-refractivity contribution in [3.63, 3.8) is 0 Å². The van der Waals surface area contributed by atoms with E-state index in [9.17, 15) is 4.79 Å². The zero-order valence-electron chi connectivity index (χ0n) is 18.6. The number of ether oxygens (including phenoxy) is 1. The van der Waals surface area contributed by atoms with Gasteiger partial charge < -0.3 is 4.74 Å². The van der Waals surface area contributed by atoms with Crippen molar-refractivity contribution in [3.05, 3.63) is 138 Å². The van der Waals surface area contributed by atoms with Crippen LogP contribution >= 0.6 is 7.92 Å². The SMILES string of the molecule is CCOC(=O)C(=[C]c1ccccc1)c1ccccc1CP(c1ccccc1)c1ccccc1. The molecule has 3 heteroatoms. The number of hydrogen-bond donors (Lipinski definition) is 0. The molecular formula is C30H26O2P. The maximum atomic E-state index is 13.0. The number of carbonyl (C=O) groups is 1. The molecule has 0 heterocycles. The fourth-order valence-electron chi connectivity index (χ4n) is 3.72. The smallest absolute Gasteiger partial charge is 0.339 e. The first-order valence-corrected chi connectivity index (χ1v) is 12.6. The van der Waals surface area contributed by atoms with Gasteiger partial charge in [-0.25, -0.2) is 4.79 Å². The Balaban J connectivity index is 1.79. The van der Waals surface area contributed by atoms with E-state index in [0.29, 0.717) is 12.2 Å². The molecule has 0 amide bonds. The predicted molar refractivity (Wildman–Crippen MR) is 138 cm³/mol. The standard InChI is InChI=1S/C30H26O2P/c1-2-32-30(31)29(22-24-14-6-3-7-15-24)28-21-13-12-16-25(28)23-33(26-17-8-4-9-18-26)27-19-10-5-11-20-27/h3-21H,2,23H2,1H3. The molecule has 4 aromatic rings. The van der Waals surface area contributed by atoms with Crippen LogP contribution in [0, 0.1) is 6.08 Å². The summed E-state index contributed by atoms with van der Waals surface area (Å²) in [4.78, 5) is 13.0. The predicted octanol–water partition coefficient (Wildman–Crippen LogP) is 6.12. The van der Waals surface area contributed by atoms with E-state index in [1.54, 1.807) is 0 Å². The average molecular weight is 450 g/mol. The van der Waals surface area contributed by atoms with Gasteiger partial charge in [0, 0.05) is 12.2 Å². The van der Waals surface area contributed by atoms with Gasteiger partial charge in [0.25, 0.3) is 0 Å². The molecule has 0 spiro atoms. The van der Waals surface area contributed by atoms with E-state index in [0.717, 1.165) is 22.9 Å². The lowest BCUT2D eigenvalue weighted by molar-refractivity contribution is -0.136. The monoisotopic (exact) mass is 449 g/mol. The molecule has 33 heavy (non-hydrogen) atoms. The lowest BCUT2D eigenvalue weighted by atomic mass is 9.98. The summed E-state index contributed by atoms with van der Waals surface area (Å²) in [5.74, 6) is -0.349. The van der Waals surface area contributed by atoms with Crippen molar-refractivity contribution in [2.75, 3.05) is 6.61 Å². The van der Waals surface area contributed by atoms with Crippen molar-refractivity contribution in [1.82, 2.24) is 0 Å². The quantitative estimate of drug-likeness (QED) is 0.140. The molecule has 4 aromatic carbocycles. The Kier molecular flexibility index (Phi) is 7.85. The van der Waals surface area contributed by atoms with Crippen LogP contribution in [0.4, 0.5) is 0 Å². The number of hydrogen-bond acceptors (Lipinski definition) is 2. The molecule has 2 nitrogen and oxygen atoms in total. The average Bonchev–Trinajstić information content (AvgIpc) is 2.88. The first kappa shape index (κ1) is 22.7. The van der Waals surface area contributed by atoms with Crippen LogP contribution in [0.1, 0.15) is 23.6 Å². The molecule has 0 unspecified atom stereocenters. The fraction of sp³-hybridized carbons (Fsp3) is 0.100. The summed E-state index contributed by atoms with van der Waals surface area (Å²) in [5, 5.41) is 2.62. The molecule has 0 fully saturated rings. The van der Waals surface area contributed by atoms with E-state index in [-0.39, 0.29) is 5.97 Å². The van der Waals surface area contributed by atoms with Crippen molar-refractivity contribution in [2.45, 2.75) is 13.1 Å². The van der Waals surface area contributed by atoms with Crippen LogP contribution in [-0.2, 0) is 15.7 Å². The van der Waals surface area contributed by atoms with Crippen LogP contribution in [0.25, 0.3) is 5.57 Å². The fourth-order valence-corrected chi connectivity index (χ4v) is 6.06. The van der Waals surface area contributed by atoms with Crippen molar-refractivity contribution in [2.24, 2.45) is 0 Å². The van der Waals surface area contributed by atoms with Crippen LogP contribution < -0.4 is 10.6 Å². The van der Waals surface area contributed by atoms with Gasteiger partial charge in [0.05, 0.1) is 12.2 Å². The normalized spacial score (nSPS) is 11.4. The summed E-state index contributed by atoms with van der Waals surface area (Å²) in [7, 11) is -0.648. The molecule has 0 atom stereocenters. The van der Waals surface area contributed by atoms with Crippen molar-refractivity contribution in [1.29, 1.82) is 0 Å². The molecule has 0 aliphatic carbocycles. The second kappa shape index (κ2) is 11.4. The Bertz CT molecular complexity index is 1160. The second-order valence-electron chi connectivity index (χ2n) is 7.50. The zero-order chi connectivity index (χ0) is 22.9. The number of esters is 1. The summed E-state index contributed by atoms with van der Waals surface area (Å²) in [6.45, 7) is 2.15. The topological polar surface area (TPSA) is 26.3 Å². The number of benzene rings is 4. The molecule has 163 valence electrons. The van der Waals surface area contributed by atoms with E-state index < -0.39 is 7.92 Å². The summed E-state index contributed by atoms with van der Waals surface area (Å²) in [6.07, 6.45) is 4.14. The highest BCUT2D eigenvalue weighted by Crippen LogP contribution is 2.40. The third-order valence-electron chi connectivity index (χ3n) is 5.27. The molecule has 1 radical (unpaired) electrons. The molecule has 0 saturated heterocycles. The Labute approximate surface area is 197 Å². The third-order valence-corrected chi connectivity index (χ3v) is 7.77. The van der Waals surface area contributed by atoms with Gasteiger partial charge in [-0.3, -0.25) is 0 Å². The molecule has 4 rings (SSSR count). The molecule has 0 bridgehead atoms. The van der Waals surface area contributed by atoms with E-state index in [1.807, 2.05) is 67.6 Å². The molecule has 0 saturated carbocycles. The lowest BCUT2D eigenvalue weighted by Gasteiger charge is -2.21. The molecule has 0 aromatic heterocycles.